The number of hydrogen-bond acceptors (Lipinski definition) is 4. The van der Waals surface area contributed by atoms with Crippen LogP contribution in [-0.2, 0) is 5.75 Å². The van der Waals surface area contributed by atoms with Crippen molar-refractivity contribution in [2.45, 2.75) is 17.8 Å². The maximum Gasteiger partial charge on any atom is 0.335 e. The van der Waals surface area contributed by atoms with Gasteiger partial charge in [-0.1, -0.05) is 47.6 Å². The molecule has 0 aliphatic heterocycles. The molecule has 0 saturated carbocycles. The number of rotatable bonds is 5. The van der Waals surface area contributed by atoms with Crippen LogP contribution >= 0.6 is 23.4 Å². The van der Waals surface area contributed by atoms with Crippen molar-refractivity contribution in [1.29, 1.82) is 0 Å². The second-order valence-corrected chi connectivity index (χ2v) is 6.86. The summed E-state index contributed by atoms with van der Waals surface area (Å²) in [6.07, 6.45) is 0. The van der Waals surface area contributed by atoms with Crippen LogP contribution in [0.5, 0.6) is 0 Å². The lowest BCUT2D eigenvalue weighted by atomic mass is 10.1. The van der Waals surface area contributed by atoms with E-state index in [0.29, 0.717) is 15.9 Å². The third-order valence-corrected chi connectivity index (χ3v) is 4.69. The molecule has 25 heavy (non-hydrogen) atoms. The minimum Gasteiger partial charge on any atom is -0.478 e. The van der Waals surface area contributed by atoms with E-state index < -0.39 is 5.97 Å². The molecular weight excluding hydrogens is 356 g/mol. The van der Waals surface area contributed by atoms with Gasteiger partial charge in [0.1, 0.15) is 0 Å². The van der Waals surface area contributed by atoms with Gasteiger partial charge >= 0.3 is 5.97 Å². The molecule has 0 amide bonds. The fourth-order valence-corrected chi connectivity index (χ4v) is 3.29. The highest BCUT2D eigenvalue weighted by atomic mass is 35.5. The summed E-state index contributed by atoms with van der Waals surface area (Å²) in [5.41, 5.74) is 3.89. The summed E-state index contributed by atoms with van der Waals surface area (Å²) in [5.74, 6) is -0.325. The topological polar surface area (TPSA) is 63.1 Å². The van der Waals surface area contributed by atoms with E-state index in [1.165, 1.54) is 11.8 Å². The molecule has 3 rings (SSSR count). The van der Waals surface area contributed by atoms with Crippen LogP contribution in [0.15, 0.2) is 59.8 Å². The number of nitrogens with zero attached hydrogens (tertiary/aromatic N) is 2. The van der Waals surface area contributed by atoms with E-state index in [1.54, 1.807) is 18.2 Å². The quantitative estimate of drug-likeness (QED) is 0.500. The van der Waals surface area contributed by atoms with Gasteiger partial charge in [0.2, 0.25) is 0 Å². The van der Waals surface area contributed by atoms with Crippen LogP contribution in [-0.4, -0.2) is 21.0 Å². The van der Waals surface area contributed by atoms with Crippen molar-refractivity contribution >= 4 is 29.3 Å². The molecule has 0 spiro atoms. The molecule has 0 aliphatic rings. The summed E-state index contributed by atoms with van der Waals surface area (Å²) in [5, 5.41) is 10.4. The van der Waals surface area contributed by atoms with Gasteiger partial charge in [-0.15, -0.1) is 0 Å². The summed E-state index contributed by atoms with van der Waals surface area (Å²) in [6.45, 7) is 1.93. The minimum absolute atomic E-state index is 0.283. The number of carbonyl (C=O) groups is 1. The molecule has 0 atom stereocenters. The normalized spacial score (nSPS) is 10.6. The van der Waals surface area contributed by atoms with Gasteiger partial charge in [0.15, 0.2) is 5.16 Å². The predicted molar refractivity (Wildman–Crippen MR) is 100 cm³/mol. The van der Waals surface area contributed by atoms with E-state index in [1.807, 2.05) is 43.3 Å². The zero-order chi connectivity index (χ0) is 17.8. The van der Waals surface area contributed by atoms with Gasteiger partial charge in [-0.05, 0) is 42.8 Å². The molecule has 2 aromatic carbocycles. The Kier molecular flexibility index (Phi) is 5.36. The molecule has 0 radical (unpaired) electrons. The van der Waals surface area contributed by atoms with Gasteiger partial charge < -0.3 is 5.11 Å². The van der Waals surface area contributed by atoms with Gasteiger partial charge in [0.25, 0.3) is 0 Å². The predicted octanol–water partition coefficient (Wildman–Crippen LogP) is 5.10. The molecule has 0 aliphatic carbocycles. The van der Waals surface area contributed by atoms with E-state index in [2.05, 4.69) is 9.97 Å². The Morgan fingerprint density at radius 2 is 1.88 bits per heavy atom. The van der Waals surface area contributed by atoms with Crippen LogP contribution < -0.4 is 0 Å². The van der Waals surface area contributed by atoms with Crippen molar-refractivity contribution in [3.05, 3.63) is 76.4 Å². The molecule has 1 heterocycles. The third-order valence-electron chi connectivity index (χ3n) is 3.52. The monoisotopic (exact) mass is 370 g/mol. The Balaban J connectivity index is 1.80. The largest absolute Gasteiger partial charge is 0.478 e. The lowest BCUT2D eigenvalue weighted by Gasteiger charge is -2.07. The van der Waals surface area contributed by atoms with E-state index in [-0.39, 0.29) is 5.56 Å². The first kappa shape index (κ1) is 17.5. The van der Waals surface area contributed by atoms with Gasteiger partial charge in [0, 0.05) is 22.0 Å². The molecule has 126 valence electrons. The lowest BCUT2D eigenvalue weighted by Crippen LogP contribution is -1.97. The molecule has 0 unspecified atom stereocenters. The fourth-order valence-electron chi connectivity index (χ4n) is 2.32. The number of carboxylic acids is 1. The fraction of sp³-hybridized carbons (Fsp3) is 0.105. The second kappa shape index (κ2) is 7.68. The van der Waals surface area contributed by atoms with Crippen molar-refractivity contribution in [3.63, 3.8) is 0 Å². The van der Waals surface area contributed by atoms with Crippen molar-refractivity contribution in [2.24, 2.45) is 0 Å². The average Bonchev–Trinajstić information content (AvgIpc) is 2.60. The van der Waals surface area contributed by atoms with Crippen molar-refractivity contribution in [3.8, 4) is 11.3 Å². The summed E-state index contributed by atoms with van der Waals surface area (Å²) < 4.78 is 0. The van der Waals surface area contributed by atoms with Crippen LogP contribution in [0, 0.1) is 6.92 Å². The zero-order valence-corrected chi connectivity index (χ0v) is 15.0. The van der Waals surface area contributed by atoms with Crippen LogP contribution in [0.2, 0.25) is 5.02 Å². The van der Waals surface area contributed by atoms with Crippen LogP contribution in [0.25, 0.3) is 11.3 Å². The molecule has 1 N–H and O–H groups in total. The van der Waals surface area contributed by atoms with Crippen molar-refractivity contribution < 1.29 is 9.90 Å². The molecule has 0 fully saturated rings. The average molecular weight is 371 g/mol. The maximum atomic E-state index is 11.1. The van der Waals surface area contributed by atoms with Gasteiger partial charge in [-0.25, -0.2) is 14.8 Å². The molecule has 4 nitrogen and oxygen atoms in total. The van der Waals surface area contributed by atoms with Gasteiger partial charge in [-0.3, -0.25) is 0 Å². The summed E-state index contributed by atoms with van der Waals surface area (Å²) >= 11 is 7.41. The number of aryl methyl sites for hydroxylation is 1. The number of thioether (sulfide) groups is 1. The molecule has 0 bridgehead atoms. The Morgan fingerprint density at radius 1 is 1.12 bits per heavy atom. The Labute approximate surface area is 154 Å². The van der Waals surface area contributed by atoms with Gasteiger partial charge in [0.05, 0.1) is 11.3 Å². The Morgan fingerprint density at radius 3 is 2.60 bits per heavy atom. The van der Waals surface area contributed by atoms with Crippen LogP contribution in [0.3, 0.4) is 0 Å². The number of halogens is 1. The second-order valence-electron chi connectivity index (χ2n) is 5.48. The van der Waals surface area contributed by atoms with E-state index in [0.717, 1.165) is 22.5 Å². The van der Waals surface area contributed by atoms with Crippen LogP contribution in [0.1, 0.15) is 21.6 Å². The molecule has 1 aromatic heterocycles. The molecular formula is C19H15ClN2O2S. The number of aromatic nitrogens is 2. The van der Waals surface area contributed by atoms with Gasteiger partial charge in [-0.2, -0.15) is 0 Å². The molecule has 3 aromatic rings. The summed E-state index contributed by atoms with van der Waals surface area (Å²) in [6, 6.07) is 16.3. The third kappa shape index (κ3) is 4.59. The number of benzene rings is 2. The van der Waals surface area contributed by atoms with E-state index in [4.69, 9.17) is 16.7 Å². The standard InChI is InChI=1S/C19H15ClN2O2S/c1-12-9-17(14-5-7-16(20)8-6-14)22-19(21-12)25-11-13-3-2-4-15(10-13)18(23)24/h2-10H,11H2,1H3,(H,23,24). The van der Waals surface area contributed by atoms with E-state index >= 15 is 0 Å². The van der Waals surface area contributed by atoms with E-state index in [9.17, 15) is 4.79 Å². The minimum atomic E-state index is -0.927. The highest BCUT2D eigenvalue weighted by molar-refractivity contribution is 7.98. The number of aromatic carboxylic acids is 1. The number of hydrogen-bond donors (Lipinski definition) is 1. The Hall–Kier alpha value is -2.37. The first-order valence-corrected chi connectivity index (χ1v) is 8.94. The van der Waals surface area contributed by atoms with Crippen molar-refractivity contribution in [2.75, 3.05) is 0 Å². The zero-order valence-electron chi connectivity index (χ0n) is 13.4. The van der Waals surface area contributed by atoms with Crippen LogP contribution in [0.4, 0.5) is 0 Å². The highest BCUT2D eigenvalue weighted by Crippen LogP contribution is 2.25. The maximum absolute atomic E-state index is 11.1. The lowest BCUT2D eigenvalue weighted by molar-refractivity contribution is 0.0697. The summed E-state index contributed by atoms with van der Waals surface area (Å²) in [7, 11) is 0. The highest BCUT2D eigenvalue weighted by Gasteiger charge is 2.08. The first-order chi connectivity index (χ1) is 12.0. The Bertz CT molecular complexity index is 914. The molecule has 0 saturated heterocycles. The first-order valence-electron chi connectivity index (χ1n) is 7.58. The molecule has 6 heteroatoms. The summed E-state index contributed by atoms with van der Waals surface area (Å²) in [4.78, 5) is 20.1. The number of carboxylic acid groups (broad SMARTS) is 1. The smallest absolute Gasteiger partial charge is 0.335 e. The van der Waals surface area contributed by atoms with Crippen molar-refractivity contribution in [1.82, 2.24) is 9.97 Å². The SMILES string of the molecule is Cc1cc(-c2ccc(Cl)cc2)nc(SCc2cccc(C(=O)O)c2)n1.